The number of nitrogens with zero attached hydrogens (tertiary/aromatic N) is 1. The number of carbonyl (C=O) groups is 2. The Bertz CT molecular complexity index is 1130. The lowest BCUT2D eigenvalue weighted by Gasteiger charge is -2.22. The first kappa shape index (κ1) is 20.7. The molecule has 5 rings (SSSR count). The highest BCUT2D eigenvalue weighted by atomic mass is 19.1. The highest BCUT2D eigenvalue weighted by molar-refractivity contribution is 6.36. The highest BCUT2D eigenvalue weighted by Crippen LogP contribution is 2.42. The molecule has 2 aromatic rings. The van der Waals surface area contributed by atoms with Crippen LogP contribution in [0.15, 0.2) is 36.4 Å². The van der Waals surface area contributed by atoms with E-state index in [4.69, 9.17) is 9.47 Å². The van der Waals surface area contributed by atoms with Crippen molar-refractivity contribution in [2.75, 3.05) is 25.0 Å². The maximum Gasteiger partial charge on any atom is 0.323 e. The zero-order valence-electron chi connectivity index (χ0n) is 17.9. The molecule has 2 aromatic carbocycles. The van der Waals surface area contributed by atoms with Gasteiger partial charge >= 0.3 is 5.97 Å². The summed E-state index contributed by atoms with van der Waals surface area (Å²) in [5.74, 6) is -0.308. The Morgan fingerprint density at radius 2 is 2.12 bits per heavy atom. The van der Waals surface area contributed by atoms with E-state index < -0.39 is 5.82 Å². The number of benzene rings is 2. The van der Waals surface area contributed by atoms with Crippen LogP contribution in [-0.4, -0.2) is 42.5 Å². The van der Waals surface area contributed by atoms with Crippen molar-refractivity contribution in [3.05, 3.63) is 64.5 Å². The average Bonchev–Trinajstić information content (AvgIpc) is 3.48. The molecule has 7 heteroatoms. The van der Waals surface area contributed by atoms with Gasteiger partial charge < -0.3 is 14.8 Å². The van der Waals surface area contributed by atoms with Gasteiger partial charge in [0.1, 0.15) is 24.2 Å². The average molecular weight is 436 g/mol. The minimum atomic E-state index is -0.394. The van der Waals surface area contributed by atoms with Crippen LogP contribution in [0.1, 0.15) is 42.0 Å². The molecule has 0 aromatic heterocycles. The van der Waals surface area contributed by atoms with Gasteiger partial charge in [-0.25, -0.2) is 4.39 Å². The topological polar surface area (TPSA) is 67.9 Å². The second-order valence-corrected chi connectivity index (χ2v) is 8.32. The lowest BCUT2D eigenvalue weighted by Crippen LogP contribution is -2.38. The first-order valence-corrected chi connectivity index (χ1v) is 11.1. The van der Waals surface area contributed by atoms with Gasteiger partial charge in [-0.05, 0) is 56.5 Å². The van der Waals surface area contributed by atoms with Crippen molar-refractivity contribution >= 4 is 28.9 Å². The molecule has 32 heavy (non-hydrogen) atoms. The molecule has 0 spiro atoms. The van der Waals surface area contributed by atoms with Crippen molar-refractivity contribution in [3.8, 4) is 0 Å². The number of fused-ring (bicyclic) bond motifs is 2. The Kier molecular flexibility index (Phi) is 5.43. The summed E-state index contributed by atoms with van der Waals surface area (Å²) >= 11 is 0. The van der Waals surface area contributed by atoms with E-state index in [1.165, 1.54) is 12.1 Å². The summed E-state index contributed by atoms with van der Waals surface area (Å²) in [6.45, 7) is 4.29. The molecule has 0 aliphatic carbocycles. The number of amides is 1. The first-order chi connectivity index (χ1) is 15.5. The summed E-state index contributed by atoms with van der Waals surface area (Å²) < 4.78 is 24.9. The van der Waals surface area contributed by atoms with Gasteiger partial charge in [0.15, 0.2) is 0 Å². The Labute approximate surface area is 186 Å². The summed E-state index contributed by atoms with van der Waals surface area (Å²) in [5, 5.41) is 2.78. The van der Waals surface area contributed by atoms with Crippen LogP contribution in [0.4, 0.5) is 10.1 Å². The van der Waals surface area contributed by atoms with E-state index in [-0.39, 0.29) is 17.9 Å². The van der Waals surface area contributed by atoms with Crippen LogP contribution >= 0.6 is 0 Å². The van der Waals surface area contributed by atoms with Crippen molar-refractivity contribution in [2.24, 2.45) is 0 Å². The monoisotopic (exact) mass is 436 g/mol. The van der Waals surface area contributed by atoms with Gasteiger partial charge in [0.25, 0.3) is 5.91 Å². The molecule has 3 aliphatic heterocycles. The number of hydrogen-bond donors (Lipinski definition) is 1. The Balaban J connectivity index is 1.35. The number of hydrogen-bond acceptors (Lipinski definition) is 5. The van der Waals surface area contributed by atoms with Gasteiger partial charge in [-0.15, -0.1) is 0 Å². The van der Waals surface area contributed by atoms with Crippen LogP contribution < -0.4 is 5.32 Å². The Hall–Kier alpha value is -3.19. The molecular formula is C25H25FN2O4. The molecule has 6 nitrogen and oxygen atoms in total. The molecule has 1 atom stereocenters. The molecular weight excluding hydrogens is 411 g/mol. The van der Waals surface area contributed by atoms with Crippen molar-refractivity contribution in [3.63, 3.8) is 0 Å². The lowest BCUT2D eigenvalue weighted by atomic mass is 9.98. The molecule has 3 aliphatic rings. The van der Waals surface area contributed by atoms with Crippen molar-refractivity contribution in [2.45, 2.75) is 38.8 Å². The minimum Gasteiger partial charge on any atom is -0.487 e. The number of likely N-dealkylation sites (tertiary alicyclic amines) is 1. The van der Waals surface area contributed by atoms with E-state index in [0.29, 0.717) is 35.8 Å². The number of anilines is 1. The molecule has 166 valence electrons. The first-order valence-electron chi connectivity index (χ1n) is 11.1. The molecule has 0 bridgehead atoms. The summed E-state index contributed by atoms with van der Waals surface area (Å²) in [7, 11) is 0. The fourth-order valence-corrected chi connectivity index (χ4v) is 4.81. The van der Waals surface area contributed by atoms with Crippen molar-refractivity contribution < 1.29 is 23.5 Å². The van der Waals surface area contributed by atoms with Crippen molar-refractivity contribution in [1.82, 2.24) is 4.90 Å². The number of carbonyl (C=O) groups excluding carboxylic acids is 2. The van der Waals surface area contributed by atoms with E-state index in [9.17, 15) is 14.0 Å². The van der Waals surface area contributed by atoms with Gasteiger partial charge in [-0.2, -0.15) is 0 Å². The van der Waals surface area contributed by atoms with Gasteiger partial charge in [-0.1, -0.05) is 18.2 Å². The molecule has 0 saturated carbocycles. The number of halogens is 1. The van der Waals surface area contributed by atoms with Gasteiger partial charge in [0, 0.05) is 28.9 Å². The standard InChI is InChI=1S/C25H25FN2O4/c1-2-31-25(30)21-4-3-10-28(21)11-9-15-5-7-18-16(12-15)14-32-23(18)22-19-13-17(26)6-8-20(19)27-24(22)29/h5-8,12-13,21H,2-4,9-11,14H2,1H3,(H,27,29). The normalized spacial score (nSPS) is 21.8. The molecule has 1 saturated heterocycles. The minimum absolute atomic E-state index is 0.129. The van der Waals surface area contributed by atoms with Crippen LogP contribution in [0.3, 0.4) is 0 Å². The third kappa shape index (κ3) is 3.66. The molecule has 1 N–H and O–H groups in total. The molecule has 1 amide bonds. The van der Waals surface area contributed by atoms with Crippen LogP contribution in [-0.2, 0) is 32.1 Å². The molecule has 1 unspecified atom stereocenters. The van der Waals surface area contributed by atoms with Crippen LogP contribution in [0, 0.1) is 5.82 Å². The fourth-order valence-electron chi connectivity index (χ4n) is 4.81. The Morgan fingerprint density at radius 1 is 1.25 bits per heavy atom. The Morgan fingerprint density at radius 3 is 2.97 bits per heavy atom. The lowest BCUT2D eigenvalue weighted by molar-refractivity contribution is -0.148. The van der Waals surface area contributed by atoms with E-state index in [2.05, 4.69) is 16.3 Å². The smallest absolute Gasteiger partial charge is 0.323 e. The van der Waals surface area contributed by atoms with Crippen molar-refractivity contribution in [1.29, 1.82) is 0 Å². The van der Waals surface area contributed by atoms with E-state index in [1.807, 2.05) is 19.1 Å². The van der Waals surface area contributed by atoms with Crippen LogP contribution in [0.5, 0.6) is 0 Å². The molecule has 0 radical (unpaired) electrons. The second-order valence-electron chi connectivity index (χ2n) is 8.32. The number of rotatable bonds is 5. The summed E-state index contributed by atoms with van der Waals surface area (Å²) in [6.07, 6.45) is 2.66. The van der Waals surface area contributed by atoms with Gasteiger partial charge in [-0.3, -0.25) is 14.5 Å². The zero-order valence-corrected chi connectivity index (χ0v) is 17.9. The third-order valence-electron chi connectivity index (χ3n) is 6.35. The van der Waals surface area contributed by atoms with E-state index >= 15 is 0 Å². The maximum atomic E-state index is 13.8. The summed E-state index contributed by atoms with van der Waals surface area (Å²) in [5.41, 5.74) is 4.51. The quantitative estimate of drug-likeness (QED) is 0.571. The summed E-state index contributed by atoms with van der Waals surface area (Å²) in [6, 6.07) is 10.2. The van der Waals surface area contributed by atoms with Gasteiger partial charge in [0.2, 0.25) is 0 Å². The number of esters is 1. The highest BCUT2D eigenvalue weighted by Gasteiger charge is 2.33. The maximum absolute atomic E-state index is 13.8. The van der Waals surface area contributed by atoms with Crippen LogP contribution in [0.25, 0.3) is 11.3 Å². The van der Waals surface area contributed by atoms with Crippen LogP contribution in [0.2, 0.25) is 0 Å². The third-order valence-corrected chi connectivity index (χ3v) is 6.35. The van der Waals surface area contributed by atoms with E-state index in [0.717, 1.165) is 49.0 Å². The summed E-state index contributed by atoms with van der Waals surface area (Å²) in [4.78, 5) is 26.9. The largest absolute Gasteiger partial charge is 0.487 e. The predicted molar refractivity (Wildman–Crippen MR) is 118 cm³/mol. The zero-order chi connectivity index (χ0) is 22.2. The van der Waals surface area contributed by atoms with Gasteiger partial charge in [0.05, 0.1) is 12.2 Å². The fraction of sp³-hybridized carbons (Fsp3) is 0.360. The van der Waals surface area contributed by atoms with E-state index in [1.54, 1.807) is 6.07 Å². The SMILES string of the molecule is CCOC(=O)C1CCCN1CCc1ccc2c(c1)COC2=C1C(=O)Nc2ccc(F)cc21. The second kappa shape index (κ2) is 8.39. The number of nitrogens with one attached hydrogen (secondary N) is 1. The number of ether oxygens (including phenoxy) is 2. The molecule has 3 heterocycles. The molecule has 1 fully saturated rings. The predicted octanol–water partition coefficient (Wildman–Crippen LogP) is 3.75.